The van der Waals surface area contributed by atoms with E-state index in [0.29, 0.717) is 50.5 Å². The first-order valence-corrected chi connectivity index (χ1v) is 18.8. The molecule has 1 saturated carbocycles. The van der Waals surface area contributed by atoms with Gasteiger partial charge < -0.3 is 14.4 Å². The number of nitrogens with zero attached hydrogens (tertiary/aromatic N) is 2. The standard InChI is InChI=1S/C26H42FN3O6SSi/c1-20(22-10-11-23(27)24(16-22)36-18-21-8-9-21)28-37(33,34)14-7-5-6-12-29-17-25(31)30(26(29)32)19-35-13-15-38(2,3)4/h10-11,16,20-21,28H,5-9,12-15,17-19H2,1-4H3. The first-order chi connectivity index (χ1) is 17.8. The van der Waals surface area contributed by atoms with Gasteiger partial charge in [-0.25, -0.2) is 27.2 Å². The molecule has 3 rings (SSSR count). The van der Waals surface area contributed by atoms with Crippen LogP contribution in [0.5, 0.6) is 5.75 Å². The zero-order valence-corrected chi connectivity index (χ0v) is 24.8. The second-order valence-electron chi connectivity index (χ2n) is 11.5. The van der Waals surface area contributed by atoms with E-state index in [1.54, 1.807) is 19.1 Å². The third kappa shape index (κ3) is 9.94. The van der Waals surface area contributed by atoms with Crippen molar-refractivity contribution in [1.82, 2.24) is 14.5 Å². The zero-order chi connectivity index (χ0) is 27.9. The Morgan fingerprint density at radius 2 is 1.89 bits per heavy atom. The molecule has 3 amide bonds. The van der Waals surface area contributed by atoms with E-state index in [0.717, 1.165) is 23.8 Å². The van der Waals surface area contributed by atoms with E-state index in [1.165, 1.54) is 11.0 Å². The molecule has 214 valence electrons. The van der Waals surface area contributed by atoms with Crippen LogP contribution in [-0.2, 0) is 19.6 Å². The maximum absolute atomic E-state index is 14.1. The van der Waals surface area contributed by atoms with Crippen LogP contribution in [0.15, 0.2) is 18.2 Å². The lowest BCUT2D eigenvalue weighted by Gasteiger charge is -2.19. The second-order valence-corrected chi connectivity index (χ2v) is 19.0. The SMILES string of the molecule is CC(NS(=O)(=O)CCCCCN1CC(=O)N(COCC[Si](C)(C)C)C1=O)c1ccc(F)c(OCC2CC2)c1. The van der Waals surface area contributed by atoms with Gasteiger partial charge in [-0.3, -0.25) is 4.79 Å². The number of urea groups is 1. The highest BCUT2D eigenvalue weighted by Gasteiger charge is 2.35. The van der Waals surface area contributed by atoms with Crippen LogP contribution < -0.4 is 9.46 Å². The predicted octanol–water partition coefficient (Wildman–Crippen LogP) is 4.34. The normalized spacial score (nSPS) is 17.4. The van der Waals surface area contributed by atoms with Gasteiger partial charge in [-0.05, 0) is 62.3 Å². The predicted molar refractivity (Wildman–Crippen MR) is 147 cm³/mol. The highest BCUT2D eigenvalue weighted by atomic mass is 32.2. The minimum Gasteiger partial charge on any atom is -0.490 e. The van der Waals surface area contributed by atoms with Gasteiger partial charge in [-0.1, -0.05) is 32.1 Å². The van der Waals surface area contributed by atoms with Gasteiger partial charge >= 0.3 is 6.03 Å². The van der Waals surface area contributed by atoms with Crippen LogP contribution in [0.2, 0.25) is 25.7 Å². The number of hydrogen-bond acceptors (Lipinski definition) is 6. The fourth-order valence-corrected chi connectivity index (χ4v) is 6.12. The summed E-state index contributed by atoms with van der Waals surface area (Å²) in [7, 11) is -4.81. The topological polar surface area (TPSA) is 105 Å². The minimum absolute atomic E-state index is 0.0249. The van der Waals surface area contributed by atoms with Gasteiger partial charge in [-0.2, -0.15) is 0 Å². The minimum atomic E-state index is -3.56. The summed E-state index contributed by atoms with van der Waals surface area (Å²) >= 11 is 0. The summed E-state index contributed by atoms with van der Waals surface area (Å²) < 4.78 is 53.0. The van der Waals surface area contributed by atoms with Crippen LogP contribution in [0.1, 0.15) is 50.6 Å². The Labute approximate surface area is 227 Å². The molecule has 0 radical (unpaired) electrons. The van der Waals surface area contributed by atoms with Gasteiger partial charge in [0.05, 0.1) is 12.4 Å². The zero-order valence-electron chi connectivity index (χ0n) is 23.0. The molecule has 12 heteroatoms. The van der Waals surface area contributed by atoms with Crippen molar-refractivity contribution in [2.24, 2.45) is 5.92 Å². The number of amides is 3. The Balaban J connectivity index is 1.35. The van der Waals surface area contributed by atoms with Gasteiger partial charge in [0, 0.05) is 27.3 Å². The van der Waals surface area contributed by atoms with Crippen LogP contribution in [0.3, 0.4) is 0 Å². The Bertz CT molecular complexity index is 1080. The van der Waals surface area contributed by atoms with E-state index >= 15 is 0 Å². The van der Waals surface area contributed by atoms with Gasteiger partial charge in [0.2, 0.25) is 10.0 Å². The van der Waals surface area contributed by atoms with Crippen LogP contribution in [0, 0.1) is 11.7 Å². The molecule has 2 aliphatic rings. The van der Waals surface area contributed by atoms with Crippen LogP contribution in [-0.4, -0.2) is 77.0 Å². The summed E-state index contributed by atoms with van der Waals surface area (Å²) in [5.41, 5.74) is 0.631. The molecule has 1 aliphatic heterocycles. The van der Waals surface area contributed by atoms with Crippen molar-refractivity contribution in [3.05, 3.63) is 29.6 Å². The molecular weight excluding hydrogens is 529 g/mol. The van der Waals surface area contributed by atoms with E-state index in [1.807, 2.05) is 0 Å². The van der Waals surface area contributed by atoms with E-state index in [-0.39, 0.29) is 36.7 Å². The van der Waals surface area contributed by atoms with Crippen LogP contribution >= 0.6 is 0 Å². The van der Waals surface area contributed by atoms with Gasteiger partial charge in [-0.15, -0.1) is 0 Å². The monoisotopic (exact) mass is 571 g/mol. The van der Waals surface area contributed by atoms with Crippen LogP contribution in [0.25, 0.3) is 0 Å². The van der Waals surface area contributed by atoms with Gasteiger partial charge in [0.25, 0.3) is 5.91 Å². The number of halogens is 1. The summed E-state index contributed by atoms with van der Waals surface area (Å²) in [6.07, 6.45) is 3.79. The Morgan fingerprint density at radius 1 is 1.16 bits per heavy atom. The maximum atomic E-state index is 14.1. The molecule has 38 heavy (non-hydrogen) atoms. The molecule has 1 saturated heterocycles. The van der Waals surface area contributed by atoms with Crippen molar-refractivity contribution in [2.75, 3.05) is 38.8 Å². The number of carbonyl (C=O) groups is 2. The highest BCUT2D eigenvalue weighted by molar-refractivity contribution is 7.89. The Hall–Kier alpha value is -2.02. The third-order valence-corrected chi connectivity index (χ3v) is 9.91. The lowest BCUT2D eigenvalue weighted by Crippen LogP contribution is -2.35. The molecule has 9 nitrogen and oxygen atoms in total. The number of carbonyl (C=O) groups excluding carboxylic acids is 2. The molecule has 1 unspecified atom stereocenters. The summed E-state index contributed by atoms with van der Waals surface area (Å²) in [6, 6.07) is 4.49. The van der Waals surface area contributed by atoms with Crippen molar-refractivity contribution in [3.63, 3.8) is 0 Å². The third-order valence-electron chi connectivity index (χ3n) is 6.67. The Morgan fingerprint density at radius 3 is 2.58 bits per heavy atom. The molecule has 1 aromatic rings. The van der Waals surface area contributed by atoms with Gasteiger partial charge in [0.15, 0.2) is 11.6 Å². The van der Waals surface area contributed by atoms with E-state index in [2.05, 4.69) is 24.4 Å². The van der Waals surface area contributed by atoms with Crippen molar-refractivity contribution in [3.8, 4) is 5.75 Å². The molecule has 1 aliphatic carbocycles. The lowest BCUT2D eigenvalue weighted by atomic mass is 10.1. The second kappa shape index (κ2) is 13.4. The van der Waals surface area contributed by atoms with E-state index in [9.17, 15) is 22.4 Å². The van der Waals surface area contributed by atoms with Crippen molar-refractivity contribution < 1.29 is 31.9 Å². The number of sulfonamides is 1. The van der Waals surface area contributed by atoms with Crippen molar-refractivity contribution >= 4 is 30.0 Å². The van der Waals surface area contributed by atoms with Gasteiger partial charge in [0.1, 0.15) is 13.3 Å². The number of nitrogens with one attached hydrogen (secondary N) is 1. The number of ether oxygens (including phenoxy) is 2. The maximum Gasteiger partial charge on any atom is 0.329 e. The molecule has 1 heterocycles. The summed E-state index contributed by atoms with van der Waals surface area (Å²) in [5, 5.41) is 0. The molecule has 1 atom stereocenters. The molecule has 0 bridgehead atoms. The molecular formula is C26H42FN3O6SSi. The first kappa shape index (κ1) is 30.5. The number of unbranched alkanes of at least 4 members (excludes halogenated alkanes) is 2. The molecule has 0 spiro atoms. The highest BCUT2D eigenvalue weighted by Crippen LogP contribution is 2.31. The van der Waals surface area contributed by atoms with Crippen LogP contribution in [0.4, 0.5) is 9.18 Å². The van der Waals surface area contributed by atoms with E-state index < -0.39 is 30.0 Å². The van der Waals surface area contributed by atoms with E-state index in [4.69, 9.17) is 9.47 Å². The quantitative estimate of drug-likeness (QED) is 0.169. The number of rotatable bonds is 17. The first-order valence-electron chi connectivity index (χ1n) is 13.4. The summed E-state index contributed by atoms with van der Waals surface area (Å²) in [5.74, 6) is -0.165. The fraction of sp³-hybridized carbons (Fsp3) is 0.692. The lowest BCUT2D eigenvalue weighted by molar-refractivity contribution is -0.128. The molecule has 1 N–H and O–H groups in total. The average molecular weight is 572 g/mol. The summed E-state index contributed by atoms with van der Waals surface area (Å²) in [4.78, 5) is 27.4. The average Bonchev–Trinajstić information content (AvgIpc) is 3.61. The smallest absolute Gasteiger partial charge is 0.329 e. The molecule has 1 aromatic carbocycles. The Kier molecular flexibility index (Phi) is 10.7. The number of benzene rings is 1. The summed E-state index contributed by atoms with van der Waals surface area (Å²) in [6.45, 7) is 9.82. The van der Waals surface area contributed by atoms with Crippen molar-refractivity contribution in [2.45, 2.75) is 70.8 Å². The number of hydrogen-bond donors (Lipinski definition) is 1. The molecule has 0 aromatic heterocycles. The largest absolute Gasteiger partial charge is 0.490 e. The fourth-order valence-electron chi connectivity index (χ4n) is 3.99. The van der Waals surface area contributed by atoms with Crippen molar-refractivity contribution in [1.29, 1.82) is 0 Å². The molecule has 2 fully saturated rings. The number of imide groups is 1.